The number of benzene rings is 3. The number of morpholine rings is 3. The van der Waals surface area contributed by atoms with Crippen LogP contribution in [0.25, 0.3) is 54.2 Å². The van der Waals surface area contributed by atoms with Gasteiger partial charge in [-0.2, -0.15) is 13.2 Å². The Balaban J connectivity index is 0.000000141. The second-order valence-electron chi connectivity index (χ2n) is 32.1. The predicted octanol–water partition coefficient (Wildman–Crippen LogP) is 11.1. The van der Waals surface area contributed by atoms with Crippen LogP contribution in [0.2, 0.25) is 0 Å². The first-order valence-corrected chi connectivity index (χ1v) is 44.4. The summed E-state index contributed by atoms with van der Waals surface area (Å²) in [6, 6.07) is 30.9. The molecule has 33 nitrogen and oxygen atoms in total. The van der Waals surface area contributed by atoms with Crippen LogP contribution in [-0.2, 0) is 39.8 Å². The number of nitrogens with two attached hydrogens (primary N) is 3. The molecule has 38 heteroatoms. The third-order valence-corrected chi connectivity index (χ3v) is 25.2. The number of nitrogens with one attached hydrogen (secondary N) is 3. The lowest BCUT2D eigenvalue weighted by Crippen LogP contribution is -2.49. The second kappa shape index (κ2) is 40.1. The largest absolute Gasteiger partial charge is 0.413 e. The lowest BCUT2D eigenvalue weighted by atomic mass is 10.0. The summed E-state index contributed by atoms with van der Waals surface area (Å²) < 4.78 is 58.4. The molecule has 6 aliphatic heterocycles. The Morgan fingerprint density at radius 2 is 0.805 bits per heavy atom. The highest BCUT2D eigenvalue weighted by Gasteiger charge is 2.37. The van der Waals surface area contributed by atoms with Crippen LogP contribution in [0, 0.1) is 11.8 Å². The third kappa shape index (κ3) is 22.6. The van der Waals surface area contributed by atoms with Crippen LogP contribution >= 0.6 is 22.7 Å². The number of aromatic nitrogens is 11. The van der Waals surface area contributed by atoms with Gasteiger partial charge in [0, 0.05) is 242 Å². The van der Waals surface area contributed by atoms with E-state index in [9.17, 15) is 32.3 Å². The molecule has 0 spiro atoms. The van der Waals surface area contributed by atoms with Crippen LogP contribution in [-0.4, -0.2) is 247 Å². The van der Waals surface area contributed by atoms with Crippen molar-refractivity contribution >= 4 is 146 Å². The van der Waals surface area contributed by atoms with Gasteiger partial charge in [-0.3, -0.25) is 19.2 Å². The van der Waals surface area contributed by atoms with Gasteiger partial charge in [-0.05, 0) is 110 Å². The van der Waals surface area contributed by atoms with Crippen molar-refractivity contribution in [2.45, 2.75) is 46.2 Å². The van der Waals surface area contributed by atoms with Gasteiger partial charge in [0.25, 0.3) is 0 Å². The zero-order valence-corrected chi connectivity index (χ0v) is 73.0. The average molecular weight is 1780 g/mol. The summed E-state index contributed by atoms with van der Waals surface area (Å²) in [5.41, 5.74) is 29.8. The number of allylic oxidation sites excluding steroid dienone is 2. The Labute approximate surface area is 746 Å². The smallest absolute Gasteiger partial charge is 0.378 e. The Bertz CT molecular complexity index is 5820. The fourth-order valence-corrected chi connectivity index (χ4v) is 17.7. The van der Waals surface area contributed by atoms with Crippen LogP contribution < -0.4 is 72.4 Å². The predicted molar refractivity (Wildman–Crippen MR) is 497 cm³/mol. The molecule has 4 amide bonds. The Morgan fingerprint density at radius 1 is 0.453 bits per heavy atom. The number of carbonyl (C=O) groups excluding carboxylic acids is 4. The number of hydrogen-bond donors (Lipinski definition) is 6. The van der Waals surface area contributed by atoms with Crippen molar-refractivity contribution in [3.63, 3.8) is 0 Å². The number of fused-ring (bicyclic) bond motifs is 2. The van der Waals surface area contributed by atoms with Crippen LogP contribution in [0.15, 0.2) is 170 Å². The van der Waals surface area contributed by atoms with Crippen molar-refractivity contribution in [1.82, 2.24) is 59.7 Å². The van der Waals surface area contributed by atoms with Gasteiger partial charge in [-0.1, -0.05) is 60.8 Å². The molecule has 9 N–H and O–H groups in total. The fourth-order valence-electron chi connectivity index (χ4n) is 15.7. The lowest BCUT2D eigenvalue weighted by Gasteiger charge is -2.37. The summed E-state index contributed by atoms with van der Waals surface area (Å²) in [6.07, 6.45) is 11.7. The molecule has 11 aromatic rings. The number of ether oxygens (including phenoxy) is 3. The van der Waals surface area contributed by atoms with Crippen molar-refractivity contribution in [3.8, 4) is 33.8 Å². The van der Waals surface area contributed by atoms with E-state index in [0.29, 0.717) is 89.2 Å². The summed E-state index contributed by atoms with van der Waals surface area (Å²) in [4.78, 5) is 119. The van der Waals surface area contributed by atoms with Gasteiger partial charge in [0.15, 0.2) is 10.3 Å². The minimum absolute atomic E-state index is 0.0328. The molecule has 1 aliphatic carbocycles. The molecule has 7 fully saturated rings. The first-order valence-electron chi connectivity index (χ1n) is 42.7. The Kier molecular flexibility index (Phi) is 27.6. The number of pyridine rings is 3. The summed E-state index contributed by atoms with van der Waals surface area (Å²) in [5, 5.41) is 10.3. The minimum atomic E-state index is -4.58. The Morgan fingerprint density at radius 3 is 1.17 bits per heavy atom. The van der Waals surface area contributed by atoms with E-state index in [1.165, 1.54) is 32.8 Å². The summed E-state index contributed by atoms with van der Waals surface area (Å²) in [6.45, 7) is 26.1. The average Bonchev–Trinajstić information content (AvgIpc) is 1.24. The molecule has 0 radical (unpaired) electrons. The van der Waals surface area contributed by atoms with Gasteiger partial charge in [-0.15, -0.1) is 0 Å². The number of amides is 4. The van der Waals surface area contributed by atoms with Crippen LogP contribution in [0.1, 0.15) is 39.2 Å². The number of hydrogen-bond acceptors (Lipinski definition) is 31. The Hall–Kier alpha value is -13.3. The molecule has 18 rings (SSSR count). The number of carbonyl (C=O) groups is 4. The van der Waals surface area contributed by atoms with E-state index in [1.54, 1.807) is 90.2 Å². The SMILES string of the molecule is C/C(=C/C(=O)Nc1ccc2sc(N3CCN(c4cc(-c5cnc(N)nc5)nc(N5CCOCC5)c4)CC3)nc2c1)C1CC1.C=CC(=O)Nc1ccc2sc(N3CCN(c4cc(-c5cnc(N)nc5)nc(N5CCOCC5)c4)CC3)nc2c1.CC(C)/C(=C/C(=O)Nc1ccc(CC(=O)N2CCN(c3cc(-c4cnc(N)nc4)nc(N4CCOCC4)c3)CC2)cc1)C(F)(F)F. The first kappa shape index (κ1) is 88.1. The van der Waals surface area contributed by atoms with Gasteiger partial charge in [-0.25, -0.2) is 54.8 Å². The van der Waals surface area contributed by atoms with Gasteiger partial charge in [0.05, 0.1) is 83.6 Å². The number of halogens is 3. The summed E-state index contributed by atoms with van der Waals surface area (Å²) in [7, 11) is 0. The van der Waals surface area contributed by atoms with Gasteiger partial charge in [0.2, 0.25) is 41.5 Å². The number of anilines is 14. The van der Waals surface area contributed by atoms with Gasteiger partial charge in [0.1, 0.15) is 17.5 Å². The number of nitrogens with zero attached hydrogens (tertiary/aromatic N) is 20. The van der Waals surface area contributed by atoms with E-state index >= 15 is 0 Å². The number of rotatable bonds is 21. The van der Waals surface area contributed by atoms with E-state index in [-0.39, 0.29) is 42.0 Å². The van der Waals surface area contributed by atoms with E-state index in [1.807, 2.05) is 54.3 Å². The number of thiazole rings is 2. The highest BCUT2D eigenvalue weighted by atomic mass is 32.1. The van der Waals surface area contributed by atoms with E-state index in [2.05, 4.69) is 122 Å². The zero-order valence-electron chi connectivity index (χ0n) is 71.4. The monoisotopic (exact) mass is 1780 g/mol. The van der Waals surface area contributed by atoms with Crippen molar-refractivity contribution in [1.29, 1.82) is 0 Å². The molecule has 1 saturated carbocycles. The number of alkyl halides is 3. The van der Waals surface area contributed by atoms with Crippen molar-refractivity contribution in [2.75, 3.05) is 230 Å². The summed E-state index contributed by atoms with van der Waals surface area (Å²) in [5.74, 6) is 1.91. The molecule has 6 saturated heterocycles. The van der Waals surface area contributed by atoms with Gasteiger partial charge < -0.3 is 91.5 Å². The number of nitrogen functional groups attached to an aromatic ring is 3. The van der Waals surface area contributed by atoms with Gasteiger partial charge >= 0.3 is 6.18 Å². The lowest BCUT2D eigenvalue weighted by molar-refractivity contribution is -0.130. The topological polar surface area (TPSA) is 381 Å². The fraction of sp³-hybridized carbons (Fsp3) is 0.367. The third-order valence-electron chi connectivity index (χ3n) is 23.0. The summed E-state index contributed by atoms with van der Waals surface area (Å²) >= 11 is 3.36. The van der Waals surface area contributed by atoms with E-state index < -0.39 is 23.6 Å². The standard InChI is InChI=1S/C32H37F3N8O3.C31H35N9O2S.C27H29N9O2S/c1-21(2)26(32(33,34)35)18-29(44)39-24-5-3-22(4-6-24)15-30(45)43-9-7-41(8-10-43)25-16-27(23-19-37-31(36)38-20-23)40-28(17-25)42-11-13-46-14-12-42;1-20(21-2-3-21)14-29(41)35-23-4-5-27-26(15-23)37-31(43-27)40-8-6-38(7-9-40)24-16-25(22-18-33-30(32)34-19-22)36-28(17-24)39-10-12-42-13-11-39;1-2-25(37)31-19-3-4-23-22(13-19)33-27(39-23)36-7-5-34(6-8-36)20-14-21(18-16-29-26(28)30-17-18)32-24(15-20)35-9-11-38-12-10-35/h3-6,16-21H,7-15H2,1-2H3,(H,39,44)(H2,36,37,38);4-5,14-19,21H,2-3,6-13H2,1H3,(H,35,41)(H2,32,33,34);2-4,13-17H,1,5-12H2,(H,31,37)(H2,28,29,30)/b26-18-;20-14-;. The quantitative estimate of drug-likeness (QED) is 0.0364. The zero-order chi connectivity index (χ0) is 89.0. The van der Waals surface area contributed by atoms with Crippen LogP contribution in [0.5, 0.6) is 0 Å². The second-order valence-corrected chi connectivity index (χ2v) is 34.1. The maximum absolute atomic E-state index is 13.2. The molecule has 0 bridgehead atoms. The molecular formula is C90H101F3N26O7S2. The molecular weight excluding hydrogens is 1680 g/mol. The molecule has 3 aromatic carbocycles. The van der Waals surface area contributed by atoms with Crippen molar-refractivity contribution < 1.29 is 46.6 Å². The van der Waals surface area contributed by atoms with Crippen molar-refractivity contribution in [3.05, 3.63) is 176 Å². The maximum atomic E-state index is 13.2. The highest BCUT2D eigenvalue weighted by Crippen LogP contribution is 2.40. The minimum Gasteiger partial charge on any atom is -0.378 e. The molecule has 0 unspecified atom stereocenters. The highest BCUT2D eigenvalue weighted by molar-refractivity contribution is 7.22. The van der Waals surface area contributed by atoms with Crippen molar-refractivity contribution in [2.24, 2.45) is 11.8 Å². The molecule has 14 heterocycles. The first-order chi connectivity index (χ1) is 62.0. The van der Waals surface area contributed by atoms with Crippen LogP contribution in [0.4, 0.5) is 92.9 Å². The maximum Gasteiger partial charge on any atom is 0.413 e. The molecule has 0 atom stereocenters. The number of piperazine rings is 3. The van der Waals surface area contributed by atoms with Crippen LogP contribution in [0.3, 0.4) is 0 Å². The molecule has 128 heavy (non-hydrogen) atoms. The molecule has 666 valence electrons. The normalized spacial score (nSPS) is 16.7. The van der Waals surface area contributed by atoms with E-state index in [4.69, 9.17) is 56.3 Å². The molecule has 8 aromatic heterocycles. The van der Waals surface area contributed by atoms with E-state index in [0.717, 1.165) is 207 Å². The molecule has 7 aliphatic rings.